The van der Waals surface area contributed by atoms with Gasteiger partial charge in [-0.25, -0.2) is 4.39 Å². The smallest absolute Gasteiger partial charge is 0.159 e. The summed E-state index contributed by atoms with van der Waals surface area (Å²) in [5, 5.41) is 3.05. The molecule has 0 bridgehead atoms. The first-order valence-corrected chi connectivity index (χ1v) is 6.89. The molecule has 0 aliphatic carbocycles. The van der Waals surface area contributed by atoms with Gasteiger partial charge in [-0.15, -0.1) is 0 Å². The van der Waals surface area contributed by atoms with Gasteiger partial charge >= 0.3 is 0 Å². The van der Waals surface area contributed by atoms with E-state index >= 15 is 0 Å². The zero-order valence-electron chi connectivity index (χ0n) is 10.7. The Morgan fingerprint density at radius 1 is 1.28 bits per heavy atom. The third-order valence-corrected chi connectivity index (χ3v) is 3.01. The fourth-order valence-electron chi connectivity index (χ4n) is 1.57. The summed E-state index contributed by atoms with van der Waals surface area (Å²) >= 11 is 3.31. The van der Waals surface area contributed by atoms with Gasteiger partial charge in [0, 0.05) is 30.7 Å². The number of nitrogens with one attached hydrogen (secondary N) is 1. The topological polar surface area (TPSA) is 30.5 Å². The van der Waals surface area contributed by atoms with Crippen molar-refractivity contribution >= 4 is 21.6 Å². The van der Waals surface area contributed by atoms with Crippen molar-refractivity contribution in [3.63, 3.8) is 0 Å². The molecule has 1 aromatic rings. The van der Waals surface area contributed by atoms with Crippen molar-refractivity contribution in [2.75, 3.05) is 25.1 Å². The molecular formula is C13H19BrFNO2. The number of halogens is 2. The third-order valence-electron chi connectivity index (χ3n) is 2.35. The van der Waals surface area contributed by atoms with E-state index in [2.05, 4.69) is 21.2 Å². The number of para-hydroxylation sites is 1. The molecule has 102 valence electrons. The van der Waals surface area contributed by atoms with Crippen molar-refractivity contribution in [3.05, 3.63) is 28.5 Å². The van der Waals surface area contributed by atoms with Gasteiger partial charge in [-0.2, -0.15) is 0 Å². The minimum absolute atomic E-state index is 0.238. The van der Waals surface area contributed by atoms with Crippen LogP contribution in [0.25, 0.3) is 0 Å². The van der Waals surface area contributed by atoms with Crippen LogP contribution in [0.5, 0.6) is 0 Å². The number of anilines is 1. The van der Waals surface area contributed by atoms with Crippen LogP contribution in [0.4, 0.5) is 10.1 Å². The van der Waals surface area contributed by atoms with E-state index in [0.717, 1.165) is 0 Å². The second kappa shape index (κ2) is 8.45. The average molecular weight is 320 g/mol. The Bertz CT molecular complexity index is 337. The van der Waals surface area contributed by atoms with E-state index in [1.165, 1.54) is 6.07 Å². The van der Waals surface area contributed by atoms with Gasteiger partial charge in [-0.1, -0.05) is 6.07 Å². The van der Waals surface area contributed by atoms with Crippen LogP contribution in [0.1, 0.15) is 20.3 Å². The van der Waals surface area contributed by atoms with Gasteiger partial charge < -0.3 is 14.8 Å². The summed E-state index contributed by atoms with van der Waals surface area (Å²) in [7, 11) is 0. The molecule has 1 N–H and O–H groups in total. The molecule has 18 heavy (non-hydrogen) atoms. The maximum atomic E-state index is 13.5. The highest BCUT2D eigenvalue weighted by molar-refractivity contribution is 9.10. The highest BCUT2D eigenvalue weighted by Crippen LogP contribution is 2.25. The van der Waals surface area contributed by atoms with E-state index in [1.807, 2.05) is 13.8 Å². The Kier molecular flexibility index (Phi) is 7.23. The second-order valence-electron chi connectivity index (χ2n) is 3.65. The molecule has 5 heteroatoms. The van der Waals surface area contributed by atoms with Crippen molar-refractivity contribution in [3.8, 4) is 0 Å². The Labute approximate surface area is 116 Å². The quantitative estimate of drug-likeness (QED) is 0.739. The van der Waals surface area contributed by atoms with E-state index in [0.29, 0.717) is 36.3 Å². The SMILES string of the molecule is CCOC(CCNc1c(F)cccc1Br)OCC. The molecule has 0 spiro atoms. The molecule has 1 aromatic carbocycles. The number of benzene rings is 1. The molecule has 1 rings (SSSR count). The summed E-state index contributed by atoms with van der Waals surface area (Å²) in [4.78, 5) is 0. The molecule has 0 radical (unpaired) electrons. The standard InChI is InChI=1S/C13H19BrFNO2/c1-3-17-12(18-4-2)8-9-16-13-10(14)6-5-7-11(13)15/h5-7,12,16H,3-4,8-9H2,1-2H3. The maximum absolute atomic E-state index is 13.5. The van der Waals surface area contributed by atoms with Crippen molar-refractivity contribution in [2.24, 2.45) is 0 Å². The Morgan fingerprint density at radius 2 is 1.94 bits per heavy atom. The molecule has 3 nitrogen and oxygen atoms in total. The van der Waals surface area contributed by atoms with Crippen LogP contribution in [0, 0.1) is 5.82 Å². The van der Waals surface area contributed by atoms with Gasteiger partial charge in [0.1, 0.15) is 5.82 Å². The molecule has 0 saturated heterocycles. The maximum Gasteiger partial charge on any atom is 0.159 e. The summed E-state index contributed by atoms with van der Waals surface area (Å²) in [5.41, 5.74) is 0.476. The van der Waals surface area contributed by atoms with Crippen LogP contribution < -0.4 is 5.32 Å². The molecule has 0 atom stereocenters. The molecule has 0 aliphatic heterocycles. The van der Waals surface area contributed by atoms with E-state index in [1.54, 1.807) is 12.1 Å². The van der Waals surface area contributed by atoms with Crippen LogP contribution >= 0.6 is 15.9 Å². The highest BCUT2D eigenvalue weighted by Gasteiger charge is 2.09. The summed E-state index contributed by atoms with van der Waals surface area (Å²) in [6, 6.07) is 4.89. The lowest BCUT2D eigenvalue weighted by molar-refractivity contribution is -0.137. The number of ether oxygens (including phenoxy) is 2. The van der Waals surface area contributed by atoms with Gasteiger partial charge in [0.05, 0.1) is 5.69 Å². The molecule has 0 fully saturated rings. The molecule has 0 aliphatic rings. The first kappa shape index (κ1) is 15.4. The van der Waals surface area contributed by atoms with E-state index in [4.69, 9.17) is 9.47 Å². The van der Waals surface area contributed by atoms with Crippen LogP contribution in [0.3, 0.4) is 0 Å². The minimum atomic E-state index is -0.270. The van der Waals surface area contributed by atoms with Crippen molar-refractivity contribution in [2.45, 2.75) is 26.6 Å². The zero-order valence-corrected chi connectivity index (χ0v) is 12.3. The highest BCUT2D eigenvalue weighted by atomic mass is 79.9. The van der Waals surface area contributed by atoms with Crippen molar-refractivity contribution in [1.29, 1.82) is 0 Å². The lowest BCUT2D eigenvalue weighted by atomic mass is 10.3. The number of hydrogen-bond donors (Lipinski definition) is 1. The normalized spacial score (nSPS) is 10.9. The van der Waals surface area contributed by atoms with E-state index < -0.39 is 0 Å². The van der Waals surface area contributed by atoms with Crippen molar-refractivity contribution < 1.29 is 13.9 Å². The molecule has 0 unspecified atom stereocenters. The molecule has 0 saturated carbocycles. The van der Waals surface area contributed by atoms with Crippen molar-refractivity contribution in [1.82, 2.24) is 0 Å². The van der Waals surface area contributed by atoms with E-state index in [9.17, 15) is 4.39 Å². The summed E-state index contributed by atoms with van der Waals surface area (Å²) in [5.74, 6) is -0.270. The first-order chi connectivity index (χ1) is 8.69. The fraction of sp³-hybridized carbons (Fsp3) is 0.538. The van der Waals surface area contributed by atoms with E-state index in [-0.39, 0.29) is 12.1 Å². The lowest BCUT2D eigenvalue weighted by Gasteiger charge is -2.17. The Balaban J connectivity index is 2.44. The predicted octanol–water partition coefficient (Wildman–Crippen LogP) is 3.79. The summed E-state index contributed by atoms with van der Waals surface area (Å²) < 4.78 is 25.1. The predicted molar refractivity (Wildman–Crippen MR) is 74.2 cm³/mol. The van der Waals surface area contributed by atoms with Gasteiger partial charge in [-0.3, -0.25) is 0 Å². The van der Waals surface area contributed by atoms with Crippen LogP contribution in [-0.4, -0.2) is 26.0 Å². The number of hydrogen-bond acceptors (Lipinski definition) is 3. The van der Waals surface area contributed by atoms with Gasteiger partial charge in [0.25, 0.3) is 0 Å². The van der Waals surface area contributed by atoms with Gasteiger partial charge in [-0.05, 0) is 41.9 Å². The molecule has 0 amide bonds. The Morgan fingerprint density at radius 3 is 2.50 bits per heavy atom. The molecular weight excluding hydrogens is 301 g/mol. The largest absolute Gasteiger partial charge is 0.382 e. The molecule has 0 heterocycles. The summed E-state index contributed by atoms with van der Waals surface area (Å²) in [6.07, 6.45) is 0.431. The Hall–Kier alpha value is -0.650. The fourth-order valence-corrected chi connectivity index (χ4v) is 2.05. The van der Waals surface area contributed by atoms with Gasteiger partial charge in [0.15, 0.2) is 6.29 Å². The third kappa shape index (κ3) is 4.92. The van der Waals surface area contributed by atoms with Crippen LogP contribution in [0.15, 0.2) is 22.7 Å². The zero-order chi connectivity index (χ0) is 13.4. The second-order valence-corrected chi connectivity index (χ2v) is 4.51. The van der Waals surface area contributed by atoms with Crippen LogP contribution in [0.2, 0.25) is 0 Å². The number of rotatable bonds is 8. The minimum Gasteiger partial charge on any atom is -0.382 e. The molecule has 0 aromatic heterocycles. The monoisotopic (exact) mass is 319 g/mol. The summed E-state index contributed by atoms with van der Waals surface area (Å²) in [6.45, 7) is 5.64. The average Bonchev–Trinajstić information content (AvgIpc) is 2.33. The lowest BCUT2D eigenvalue weighted by Crippen LogP contribution is -2.21. The van der Waals surface area contributed by atoms with Crippen LogP contribution in [-0.2, 0) is 9.47 Å². The first-order valence-electron chi connectivity index (χ1n) is 6.10. The van der Waals surface area contributed by atoms with Gasteiger partial charge in [0.2, 0.25) is 0 Å².